The minimum Gasteiger partial charge on any atom is -0.481 e. The van der Waals surface area contributed by atoms with Gasteiger partial charge in [-0.15, -0.1) is 0 Å². The van der Waals surface area contributed by atoms with Crippen LogP contribution in [0.3, 0.4) is 0 Å². The molecule has 2 saturated carbocycles. The molecule has 0 radical (unpaired) electrons. The van der Waals surface area contributed by atoms with E-state index in [1.54, 1.807) is 12.1 Å². The van der Waals surface area contributed by atoms with Gasteiger partial charge in [-0.1, -0.05) is 30.9 Å². The Morgan fingerprint density at radius 3 is 2.74 bits per heavy atom. The predicted molar refractivity (Wildman–Crippen MR) is 114 cm³/mol. The largest absolute Gasteiger partial charge is 0.481 e. The minimum atomic E-state index is -0.709. The van der Waals surface area contributed by atoms with Crippen molar-refractivity contribution in [1.82, 2.24) is 0 Å². The van der Waals surface area contributed by atoms with Gasteiger partial charge in [0.2, 0.25) is 0 Å². The monoisotopic (exact) mass is 418 g/mol. The number of allylic oxidation sites excluding steroid dienone is 3. The maximum Gasteiger partial charge on any atom is 0.307 e. The van der Waals surface area contributed by atoms with Gasteiger partial charge in [0, 0.05) is 11.5 Å². The Kier molecular flexibility index (Phi) is 4.98. The summed E-state index contributed by atoms with van der Waals surface area (Å²) >= 11 is 0. The van der Waals surface area contributed by atoms with E-state index >= 15 is 0 Å². The lowest BCUT2D eigenvalue weighted by Crippen LogP contribution is -2.13. The van der Waals surface area contributed by atoms with Crippen molar-refractivity contribution < 1.29 is 23.8 Å². The van der Waals surface area contributed by atoms with E-state index in [-0.39, 0.29) is 36.3 Å². The van der Waals surface area contributed by atoms with Crippen molar-refractivity contribution in [3.8, 4) is 11.5 Å². The van der Waals surface area contributed by atoms with Crippen molar-refractivity contribution in [3.05, 3.63) is 95.4 Å². The van der Waals surface area contributed by atoms with Crippen molar-refractivity contribution in [2.75, 3.05) is 0 Å². The highest BCUT2D eigenvalue weighted by atomic mass is 19.1. The molecular weight excluding hydrogens is 395 g/mol. The van der Waals surface area contributed by atoms with Gasteiger partial charge in [0.1, 0.15) is 17.3 Å². The fourth-order valence-corrected chi connectivity index (χ4v) is 4.76. The second-order valence-electron chi connectivity index (χ2n) is 8.37. The summed E-state index contributed by atoms with van der Waals surface area (Å²) in [6.45, 7) is 4.22. The standard InChI is InChI=1S/C26H23FO4/c1-15-7-9-20-16(12-21-24(20)25(21)26(28)29)13-23(15)30-14-17-11-19(8-10-22(17)27)31-18-5-3-2-4-6-18/h2-6,8-11,13,21,23-25H,1,7,12,14H2,(H,28,29). The maximum absolute atomic E-state index is 14.4. The molecule has 3 aliphatic carbocycles. The van der Waals surface area contributed by atoms with Crippen LogP contribution in [-0.4, -0.2) is 17.2 Å². The highest BCUT2D eigenvalue weighted by molar-refractivity contribution is 5.77. The molecule has 0 aromatic heterocycles. The first-order valence-corrected chi connectivity index (χ1v) is 10.5. The number of halogens is 1. The number of benzene rings is 2. The Morgan fingerprint density at radius 2 is 1.97 bits per heavy atom. The Labute approximate surface area is 180 Å². The fourth-order valence-electron chi connectivity index (χ4n) is 4.76. The molecule has 2 aromatic carbocycles. The van der Waals surface area contributed by atoms with Gasteiger partial charge in [0.05, 0.1) is 18.6 Å². The molecule has 31 heavy (non-hydrogen) atoms. The zero-order chi connectivity index (χ0) is 21.5. The number of carboxylic acid groups (broad SMARTS) is 1. The van der Waals surface area contributed by atoms with Gasteiger partial charge in [-0.3, -0.25) is 4.79 Å². The highest BCUT2D eigenvalue weighted by Gasteiger charge is 2.61. The van der Waals surface area contributed by atoms with Gasteiger partial charge in [0.25, 0.3) is 0 Å². The van der Waals surface area contributed by atoms with Crippen LogP contribution in [0.4, 0.5) is 4.39 Å². The normalized spacial score (nSPS) is 26.3. The average molecular weight is 418 g/mol. The topological polar surface area (TPSA) is 55.8 Å². The van der Waals surface area contributed by atoms with E-state index in [0.29, 0.717) is 23.5 Å². The first-order chi connectivity index (χ1) is 15.0. The van der Waals surface area contributed by atoms with Crippen LogP contribution in [0.15, 0.2) is 84.0 Å². The van der Waals surface area contributed by atoms with Crippen LogP contribution >= 0.6 is 0 Å². The number of hydrogen-bond donors (Lipinski definition) is 1. The Morgan fingerprint density at radius 1 is 1.16 bits per heavy atom. The molecule has 0 heterocycles. The molecule has 1 N–H and O–H groups in total. The fraction of sp³-hybridized carbons (Fsp3) is 0.269. The summed E-state index contributed by atoms with van der Waals surface area (Å²) in [7, 11) is 0. The molecule has 0 spiro atoms. The van der Waals surface area contributed by atoms with Crippen LogP contribution in [0.2, 0.25) is 0 Å². The lowest BCUT2D eigenvalue weighted by atomic mass is 10.0. The van der Waals surface area contributed by atoms with Crippen LogP contribution in [0.5, 0.6) is 11.5 Å². The summed E-state index contributed by atoms with van der Waals surface area (Å²) in [6, 6.07) is 14.0. The lowest BCUT2D eigenvalue weighted by molar-refractivity contribution is -0.139. The maximum atomic E-state index is 14.4. The number of hydrogen-bond acceptors (Lipinski definition) is 3. The Bertz CT molecular complexity index is 1100. The van der Waals surface area contributed by atoms with Crippen molar-refractivity contribution >= 4 is 5.97 Å². The molecule has 5 heteroatoms. The highest BCUT2D eigenvalue weighted by Crippen LogP contribution is 2.63. The molecule has 4 nitrogen and oxygen atoms in total. The molecule has 0 amide bonds. The smallest absolute Gasteiger partial charge is 0.307 e. The second-order valence-corrected chi connectivity index (χ2v) is 8.37. The van der Waals surface area contributed by atoms with Crippen molar-refractivity contribution in [3.63, 3.8) is 0 Å². The van der Waals surface area contributed by atoms with Gasteiger partial charge in [-0.2, -0.15) is 0 Å². The summed E-state index contributed by atoms with van der Waals surface area (Å²) in [5, 5.41) is 9.34. The summed E-state index contributed by atoms with van der Waals surface area (Å²) in [4.78, 5) is 11.4. The molecule has 2 fully saturated rings. The SMILES string of the molecule is C=C1CC=C2C(=CC1OCc1cc(Oc3ccccc3)ccc1F)CC1C(C(=O)O)C21. The lowest BCUT2D eigenvalue weighted by Gasteiger charge is -2.17. The number of rotatable bonds is 6. The van der Waals surface area contributed by atoms with E-state index in [1.807, 2.05) is 36.4 Å². The molecular formula is C26H23FO4. The zero-order valence-corrected chi connectivity index (χ0v) is 17.0. The number of fused-ring (bicyclic) bond motifs is 3. The van der Waals surface area contributed by atoms with Crippen molar-refractivity contribution in [1.29, 1.82) is 0 Å². The van der Waals surface area contributed by atoms with E-state index in [0.717, 1.165) is 23.1 Å². The molecule has 0 aliphatic heterocycles. The Hall–Kier alpha value is -3.18. The van der Waals surface area contributed by atoms with Crippen LogP contribution in [-0.2, 0) is 16.1 Å². The van der Waals surface area contributed by atoms with E-state index in [9.17, 15) is 14.3 Å². The summed E-state index contributed by atoms with van der Waals surface area (Å²) in [6.07, 6.45) is 5.20. The van der Waals surface area contributed by atoms with Gasteiger partial charge >= 0.3 is 5.97 Å². The molecule has 4 unspecified atom stereocenters. The predicted octanol–water partition coefficient (Wildman–Crippen LogP) is 5.67. The summed E-state index contributed by atoms with van der Waals surface area (Å²) in [5.74, 6) is 0.238. The van der Waals surface area contributed by atoms with Crippen molar-refractivity contribution in [2.45, 2.75) is 25.6 Å². The third kappa shape index (κ3) is 3.81. The number of carboxylic acids is 1. The Balaban J connectivity index is 1.28. The number of ether oxygens (including phenoxy) is 2. The van der Waals surface area contributed by atoms with Crippen LogP contribution in [0.25, 0.3) is 0 Å². The van der Waals surface area contributed by atoms with Gasteiger partial charge in [-0.25, -0.2) is 4.39 Å². The number of carbonyl (C=O) groups is 1. The zero-order valence-electron chi connectivity index (χ0n) is 17.0. The second kappa shape index (κ2) is 7.82. The summed E-state index contributed by atoms with van der Waals surface area (Å²) < 4.78 is 26.3. The third-order valence-corrected chi connectivity index (χ3v) is 6.39. The van der Waals surface area contributed by atoms with Crippen molar-refractivity contribution in [2.24, 2.45) is 17.8 Å². The molecule has 0 saturated heterocycles. The van der Waals surface area contributed by atoms with E-state index in [1.165, 1.54) is 6.07 Å². The van der Waals surface area contributed by atoms with Gasteiger partial charge in [-0.05, 0) is 71.9 Å². The van der Waals surface area contributed by atoms with Crippen LogP contribution in [0, 0.1) is 23.6 Å². The van der Waals surface area contributed by atoms with Gasteiger partial charge < -0.3 is 14.6 Å². The first-order valence-electron chi connectivity index (χ1n) is 10.5. The van der Waals surface area contributed by atoms with Crippen LogP contribution in [0.1, 0.15) is 18.4 Å². The van der Waals surface area contributed by atoms with Gasteiger partial charge in [0.15, 0.2) is 0 Å². The minimum absolute atomic E-state index is 0.0885. The quantitative estimate of drug-likeness (QED) is 0.615. The molecule has 0 bridgehead atoms. The molecule has 3 aliphatic rings. The molecule has 158 valence electrons. The molecule has 4 atom stereocenters. The molecule has 2 aromatic rings. The third-order valence-electron chi connectivity index (χ3n) is 6.39. The van der Waals surface area contributed by atoms with E-state index < -0.39 is 5.97 Å². The van der Waals surface area contributed by atoms with Crippen LogP contribution < -0.4 is 4.74 Å². The van der Waals surface area contributed by atoms with E-state index in [4.69, 9.17) is 9.47 Å². The number of aliphatic carboxylic acids is 1. The number of para-hydroxylation sites is 1. The van der Waals surface area contributed by atoms with E-state index in [2.05, 4.69) is 12.7 Å². The average Bonchev–Trinajstić information content (AvgIpc) is 3.40. The summed E-state index contributed by atoms with van der Waals surface area (Å²) in [5.41, 5.74) is 3.58. The first kappa shape index (κ1) is 19.8. The molecule has 5 rings (SSSR count).